The fourth-order valence-electron chi connectivity index (χ4n) is 13.4. The molecule has 0 bridgehead atoms. The lowest BCUT2D eigenvalue weighted by Crippen LogP contribution is -2.44. The number of aliphatic hydroxyl groups excluding tert-OH is 2. The van der Waals surface area contributed by atoms with Crippen molar-refractivity contribution in [2.24, 2.45) is 0 Å². The van der Waals surface area contributed by atoms with Crippen molar-refractivity contribution in [3.8, 4) is 23.0 Å². The van der Waals surface area contributed by atoms with Gasteiger partial charge in [-0.2, -0.15) is 0 Å². The van der Waals surface area contributed by atoms with Crippen molar-refractivity contribution in [3.05, 3.63) is 296 Å². The molecule has 11 rings (SSSR count). The van der Waals surface area contributed by atoms with Crippen molar-refractivity contribution in [2.75, 3.05) is 59.8 Å². The Balaban J connectivity index is 0.000000233. The van der Waals surface area contributed by atoms with Crippen LogP contribution in [0, 0.1) is 20.2 Å². The number of hydrogen-bond donors (Lipinski definition) is 5. The third-order valence-electron chi connectivity index (χ3n) is 18.5. The zero-order valence-corrected chi connectivity index (χ0v) is 59.6. The zero-order valence-electron chi connectivity index (χ0n) is 59.6. The highest BCUT2D eigenvalue weighted by Crippen LogP contribution is 2.50. The molecular weight excluding hydrogens is 1370 g/mol. The van der Waals surface area contributed by atoms with Gasteiger partial charge in [0, 0.05) is 54.8 Å². The molecule has 2 saturated heterocycles. The number of anilines is 1. The molecule has 28 nitrogen and oxygen atoms in total. The molecule has 0 radical (unpaired) electrons. The van der Waals surface area contributed by atoms with Crippen molar-refractivity contribution in [1.29, 1.82) is 0 Å². The number of benzene rings is 7. The molecule has 2 aromatic heterocycles. The van der Waals surface area contributed by atoms with Crippen LogP contribution in [0.15, 0.2) is 220 Å². The van der Waals surface area contributed by atoms with E-state index < -0.39 is 104 Å². The van der Waals surface area contributed by atoms with E-state index in [1.54, 1.807) is 26.4 Å². The van der Waals surface area contributed by atoms with E-state index in [1.807, 2.05) is 153 Å². The van der Waals surface area contributed by atoms with Crippen LogP contribution in [0.25, 0.3) is 0 Å². The molecule has 2 aliphatic rings. The van der Waals surface area contributed by atoms with Crippen LogP contribution >= 0.6 is 0 Å². The standard InChI is InChI=1S/C42H45N5O12.C36H43N3O8/c1-4-5-6-13-24-45(32-22-21-30(46(51)52)26-33(32)47(53)54)59-39-37(49)35(58-40(39)44-25-23-36(48)43-41(44)50)27-57-42(28-15-9-7-10-16-28,29-17-11-8-12-18-29)31-19-14-20-34(55-2)38(31)56-3;1-4-5-6-13-22-37-47-33-31(41)29(46-34(33)39-23-21-30(40)38-35(39)42)24-45-36(25-15-9-7-10-16-25,26-17-11-8-12-18-26)27-19-14-20-28(43-2)32(27)44-3/h7-12,14-23,25-26,35,37,39-40,49H,4-6,13,24,27H2,1-3H3,(H,43,48,50);7-12,14-21,23,29,31,33-34,37,41H,4-6,13,22,24H2,1-3H3,(H,38,40,42)/t35-,37-,39-,40-;29-,31-,33-,34-/m11/s1. The van der Waals surface area contributed by atoms with Gasteiger partial charge in [0.25, 0.3) is 16.8 Å². The first-order chi connectivity index (χ1) is 51.5. The van der Waals surface area contributed by atoms with E-state index in [4.69, 9.17) is 47.6 Å². The molecule has 2 fully saturated rings. The van der Waals surface area contributed by atoms with Crippen molar-refractivity contribution in [1.82, 2.24) is 24.6 Å². The summed E-state index contributed by atoms with van der Waals surface area (Å²) in [6.07, 6.45) is -0.243. The number of hydrogen-bond acceptors (Lipinski definition) is 22. The SMILES string of the molecule is CCCCCCN(O[C@@H]1[C@H](O)[C@@H](COC(c2ccccc2)(c2ccccc2)c2cccc(OC)c2OC)O[C@H]1n1ccc(=O)[nH]c1=O)c1ccc([N+](=O)[O-])cc1[N+](=O)[O-].CCCCCCNO[C@@H]1[C@H](O)[C@@H](COC(c2ccccc2)(c2ccccc2)c2cccc(OC)c2OC)O[C@H]1n1ccc(=O)[nH]c1=O. The van der Waals surface area contributed by atoms with E-state index in [2.05, 4.69) is 22.4 Å². The first-order valence-electron chi connectivity index (χ1n) is 35.0. The Bertz CT molecular complexity index is 4510. The number of aliphatic hydroxyl groups is 2. The van der Waals surface area contributed by atoms with Gasteiger partial charge in [-0.15, -0.1) is 0 Å². The number of methoxy groups -OCH3 is 4. The number of aromatic nitrogens is 4. The normalized spacial score (nSPS) is 18.5. The Morgan fingerprint density at radius 2 is 0.953 bits per heavy atom. The summed E-state index contributed by atoms with van der Waals surface area (Å²) in [4.78, 5) is 89.4. The average molecular weight is 1460 g/mol. The first-order valence-corrected chi connectivity index (χ1v) is 35.0. The van der Waals surface area contributed by atoms with Gasteiger partial charge in [-0.05, 0) is 53.3 Å². The highest BCUT2D eigenvalue weighted by Gasteiger charge is 2.52. The Morgan fingerprint density at radius 1 is 0.519 bits per heavy atom. The number of nitro groups is 2. The van der Waals surface area contributed by atoms with Crippen molar-refractivity contribution < 1.29 is 67.6 Å². The third-order valence-corrected chi connectivity index (χ3v) is 18.5. The molecule has 106 heavy (non-hydrogen) atoms. The molecule has 28 heteroatoms. The third kappa shape index (κ3) is 17.3. The van der Waals surface area contributed by atoms with Gasteiger partial charge in [0.15, 0.2) is 47.7 Å². The Morgan fingerprint density at radius 3 is 1.36 bits per heavy atom. The molecule has 0 spiro atoms. The van der Waals surface area contributed by atoms with E-state index in [0.29, 0.717) is 58.2 Å². The monoisotopic (exact) mass is 1460 g/mol. The summed E-state index contributed by atoms with van der Waals surface area (Å²) >= 11 is 0. The van der Waals surface area contributed by atoms with Gasteiger partial charge in [0.05, 0.1) is 57.6 Å². The number of rotatable bonds is 35. The van der Waals surface area contributed by atoms with E-state index in [1.165, 1.54) is 48.4 Å². The lowest BCUT2D eigenvalue weighted by atomic mass is 9.79. The van der Waals surface area contributed by atoms with Crippen molar-refractivity contribution in [3.63, 3.8) is 0 Å². The predicted octanol–water partition coefficient (Wildman–Crippen LogP) is 10.3. The van der Waals surface area contributed by atoms with Crippen LogP contribution in [-0.2, 0) is 39.8 Å². The lowest BCUT2D eigenvalue weighted by molar-refractivity contribution is -0.393. The number of unbranched alkanes of at least 4 members (excludes halogenated alkanes) is 6. The minimum Gasteiger partial charge on any atom is -0.493 e. The van der Waals surface area contributed by atoms with Gasteiger partial charge in [-0.1, -0.05) is 198 Å². The molecule has 8 atom stereocenters. The minimum absolute atomic E-state index is 0.0665. The van der Waals surface area contributed by atoms with E-state index in [9.17, 15) is 49.6 Å². The van der Waals surface area contributed by atoms with E-state index >= 15 is 0 Å². The minimum atomic E-state index is -1.56. The smallest absolute Gasteiger partial charge is 0.330 e. The molecule has 0 aliphatic carbocycles. The molecule has 0 unspecified atom stereocenters. The van der Waals surface area contributed by atoms with Crippen LogP contribution in [0.4, 0.5) is 17.1 Å². The fraction of sp³-hybridized carbons (Fsp3) is 0.359. The Labute approximate surface area is 610 Å². The van der Waals surface area contributed by atoms with Gasteiger partial charge in [0.1, 0.15) is 41.3 Å². The topological polar surface area (TPSA) is 344 Å². The molecular formula is C78H88N8O20. The summed E-state index contributed by atoms with van der Waals surface area (Å²) in [5.74, 6) is 1.84. The van der Waals surface area contributed by atoms with Crippen LogP contribution in [0.2, 0.25) is 0 Å². The van der Waals surface area contributed by atoms with Crippen LogP contribution in [0.1, 0.15) is 111 Å². The molecule has 9 aromatic rings. The summed E-state index contributed by atoms with van der Waals surface area (Å²) in [6.45, 7) is 4.34. The fourth-order valence-corrected chi connectivity index (χ4v) is 13.4. The summed E-state index contributed by atoms with van der Waals surface area (Å²) in [5.41, 5.74) is 0.521. The quantitative estimate of drug-likeness (QED) is 0.0107. The van der Waals surface area contributed by atoms with Crippen molar-refractivity contribution >= 4 is 17.1 Å². The second-order valence-electron chi connectivity index (χ2n) is 25.1. The highest BCUT2D eigenvalue weighted by atomic mass is 16.7. The summed E-state index contributed by atoms with van der Waals surface area (Å²) in [6, 6.07) is 54.7. The zero-order chi connectivity index (χ0) is 75.3. The van der Waals surface area contributed by atoms with Crippen LogP contribution in [0.3, 0.4) is 0 Å². The molecule has 2 aliphatic heterocycles. The van der Waals surface area contributed by atoms with Gasteiger partial charge >= 0.3 is 17.1 Å². The molecule has 4 heterocycles. The van der Waals surface area contributed by atoms with E-state index in [0.717, 1.165) is 78.8 Å². The van der Waals surface area contributed by atoms with Crippen LogP contribution < -0.4 is 52.0 Å². The number of nitro benzene ring substituents is 2. The van der Waals surface area contributed by atoms with Gasteiger partial charge < -0.3 is 48.1 Å². The van der Waals surface area contributed by atoms with Gasteiger partial charge in [0.2, 0.25) is 0 Å². The van der Waals surface area contributed by atoms with Gasteiger partial charge in [-0.3, -0.25) is 58.6 Å². The summed E-state index contributed by atoms with van der Waals surface area (Å²) < 4.78 is 52.3. The second-order valence-corrected chi connectivity index (χ2v) is 25.1. The molecule has 560 valence electrons. The number of nitrogens with zero attached hydrogens (tertiary/aromatic N) is 5. The molecule has 0 amide bonds. The number of H-pyrrole nitrogens is 2. The summed E-state index contributed by atoms with van der Waals surface area (Å²) in [5, 5.41) is 49.0. The first kappa shape index (κ1) is 77.9. The molecule has 7 aromatic carbocycles. The average Bonchev–Trinajstić information content (AvgIpc) is 1.16. The second kappa shape index (κ2) is 36.9. The lowest BCUT2D eigenvalue weighted by Gasteiger charge is -2.38. The number of para-hydroxylation sites is 2. The van der Waals surface area contributed by atoms with Gasteiger partial charge in [-0.25, -0.2) is 20.1 Å². The largest absolute Gasteiger partial charge is 0.493 e. The number of non-ortho nitro benzene ring substituents is 1. The maximum absolute atomic E-state index is 13.3. The maximum atomic E-state index is 13.3. The highest BCUT2D eigenvalue weighted by molar-refractivity contribution is 5.66. The molecule has 5 N–H and O–H groups in total. The number of hydroxylamine groups is 2. The number of aromatic amines is 2. The van der Waals surface area contributed by atoms with Crippen LogP contribution in [-0.4, -0.2) is 131 Å². The maximum Gasteiger partial charge on any atom is 0.330 e. The Kier molecular flexibility index (Phi) is 27.1. The predicted molar refractivity (Wildman–Crippen MR) is 392 cm³/mol. The summed E-state index contributed by atoms with van der Waals surface area (Å²) in [7, 11) is 6.20. The molecule has 0 saturated carbocycles. The Hall–Kier alpha value is -10.7. The number of nitrogens with one attached hydrogen (secondary N) is 3. The van der Waals surface area contributed by atoms with Crippen molar-refractivity contribution in [2.45, 2.75) is 125 Å². The van der Waals surface area contributed by atoms with Crippen LogP contribution in [0.5, 0.6) is 23.0 Å². The van der Waals surface area contributed by atoms with E-state index in [-0.39, 0.29) is 25.4 Å². The number of ether oxygens (including phenoxy) is 8.